The van der Waals surface area contributed by atoms with E-state index in [-0.39, 0.29) is 12.2 Å². The molecule has 1 saturated carbocycles. The number of hydrogen-bond acceptors (Lipinski definition) is 3. The van der Waals surface area contributed by atoms with Gasteiger partial charge in [0.1, 0.15) is 11.2 Å². The minimum Gasteiger partial charge on any atom is -0.481 e. The summed E-state index contributed by atoms with van der Waals surface area (Å²) in [5.74, 6) is -1.37. The van der Waals surface area contributed by atoms with E-state index in [9.17, 15) is 19.4 Å². The highest BCUT2D eigenvalue weighted by Gasteiger charge is 2.50. The summed E-state index contributed by atoms with van der Waals surface area (Å²) >= 11 is 0. The maximum atomic E-state index is 13.4. The number of likely N-dealkylation sites (tertiary alicyclic amines) is 1. The number of aliphatic hydroxyl groups excluding tert-OH is 1. The first kappa shape index (κ1) is 15.4. The van der Waals surface area contributed by atoms with Crippen molar-refractivity contribution in [2.75, 3.05) is 13.1 Å². The van der Waals surface area contributed by atoms with Crippen LogP contribution in [0.25, 0.3) is 0 Å². The third-order valence-corrected chi connectivity index (χ3v) is 5.24. The molecule has 22 heavy (non-hydrogen) atoms. The standard InChI is InChI=1S/C17H22FNO3/c18-13-4-1-3-12(9-13)10-17(16(21)22)11-19(8-7-15(17)20)14-5-2-6-14/h1,3-4,9,14-15,20H,2,5-8,10-11H2,(H,21,22)/t15-,17+/m0/s1. The zero-order valence-electron chi connectivity index (χ0n) is 12.5. The normalized spacial score (nSPS) is 30.0. The molecule has 1 aliphatic carbocycles. The Labute approximate surface area is 129 Å². The maximum Gasteiger partial charge on any atom is 0.313 e. The Morgan fingerprint density at radius 3 is 2.73 bits per heavy atom. The molecule has 0 amide bonds. The summed E-state index contributed by atoms with van der Waals surface area (Å²) in [6, 6.07) is 6.45. The molecule has 1 heterocycles. The molecule has 0 bridgehead atoms. The summed E-state index contributed by atoms with van der Waals surface area (Å²) in [7, 11) is 0. The van der Waals surface area contributed by atoms with Crippen LogP contribution in [0.15, 0.2) is 24.3 Å². The first-order valence-electron chi connectivity index (χ1n) is 7.91. The van der Waals surface area contributed by atoms with E-state index < -0.39 is 17.5 Å². The minimum absolute atomic E-state index is 0.157. The number of carboxylic acids is 1. The van der Waals surface area contributed by atoms with Crippen LogP contribution in [0.1, 0.15) is 31.2 Å². The van der Waals surface area contributed by atoms with Crippen molar-refractivity contribution in [3.8, 4) is 0 Å². The minimum atomic E-state index is -1.25. The monoisotopic (exact) mass is 307 g/mol. The number of aliphatic carboxylic acids is 1. The largest absolute Gasteiger partial charge is 0.481 e. The average molecular weight is 307 g/mol. The number of piperidine rings is 1. The smallest absolute Gasteiger partial charge is 0.313 e. The van der Waals surface area contributed by atoms with Crippen molar-refractivity contribution in [3.05, 3.63) is 35.6 Å². The number of nitrogens with zero attached hydrogens (tertiary/aromatic N) is 1. The number of benzene rings is 1. The van der Waals surface area contributed by atoms with E-state index in [1.807, 2.05) is 0 Å². The van der Waals surface area contributed by atoms with Crippen molar-refractivity contribution in [2.24, 2.45) is 5.41 Å². The lowest BCUT2D eigenvalue weighted by molar-refractivity contribution is -0.165. The van der Waals surface area contributed by atoms with Gasteiger partial charge in [-0.3, -0.25) is 9.69 Å². The van der Waals surface area contributed by atoms with Crippen molar-refractivity contribution < 1.29 is 19.4 Å². The van der Waals surface area contributed by atoms with Gasteiger partial charge in [-0.05, 0) is 43.4 Å². The molecule has 2 aliphatic rings. The zero-order chi connectivity index (χ0) is 15.7. The van der Waals surface area contributed by atoms with Crippen LogP contribution in [0.3, 0.4) is 0 Å². The van der Waals surface area contributed by atoms with Crippen molar-refractivity contribution in [1.82, 2.24) is 4.90 Å². The summed E-state index contributed by atoms with van der Waals surface area (Å²) < 4.78 is 13.4. The number of carboxylic acid groups (broad SMARTS) is 1. The molecule has 2 N–H and O–H groups in total. The summed E-state index contributed by atoms with van der Waals surface area (Å²) in [6.45, 7) is 1.08. The molecular weight excluding hydrogens is 285 g/mol. The van der Waals surface area contributed by atoms with Gasteiger partial charge < -0.3 is 10.2 Å². The molecule has 4 nitrogen and oxygen atoms in total. The van der Waals surface area contributed by atoms with Crippen molar-refractivity contribution in [3.63, 3.8) is 0 Å². The third kappa shape index (κ3) is 2.75. The van der Waals surface area contributed by atoms with Gasteiger partial charge in [-0.25, -0.2) is 4.39 Å². The highest BCUT2D eigenvalue weighted by Crippen LogP contribution is 2.38. The van der Waals surface area contributed by atoms with Crippen LogP contribution in [-0.2, 0) is 11.2 Å². The maximum absolute atomic E-state index is 13.4. The quantitative estimate of drug-likeness (QED) is 0.894. The molecule has 2 atom stereocenters. The van der Waals surface area contributed by atoms with E-state index in [2.05, 4.69) is 4.90 Å². The molecule has 0 unspecified atom stereocenters. The second-order valence-electron chi connectivity index (χ2n) is 6.63. The van der Waals surface area contributed by atoms with Crippen LogP contribution in [0.4, 0.5) is 4.39 Å². The van der Waals surface area contributed by atoms with E-state index in [1.165, 1.54) is 18.6 Å². The number of halogens is 1. The van der Waals surface area contributed by atoms with E-state index in [0.29, 0.717) is 24.6 Å². The Bertz CT molecular complexity index is 561. The highest BCUT2D eigenvalue weighted by molar-refractivity contribution is 5.76. The molecule has 0 spiro atoms. The average Bonchev–Trinajstić information content (AvgIpc) is 2.40. The third-order valence-electron chi connectivity index (χ3n) is 5.24. The second kappa shape index (κ2) is 5.97. The lowest BCUT2D eigenvalue weighted by Crippen LogP contribution is -2.60. The molecule has 1 aliphatic heterocycles. The van der Waals surface area contributed by atoms with Gasteiger partial charge in [0.25, 0.3) is 0 Å². The molecule has 2 fully saturated rings. The Kier molecular flexibility index (Phi) is 4.19. The summed E-state index contributed by atoms with van der Waals surface area (Å²) in [5.41, 5.74) is -0.626. The van der Waals surface area contributed by atoms with E-state index in [1.54, 1.807) is 12.1 Å². The number of hydrogen-bond donors (Lipinski definition) is 2. The fraction of sp³-hybridized carbons (Fsp3) is 0.588. The van der Waals surface area contributed by atoms with Gasteiger partial charge in [0.2, 0.25) is 0 Å². The van der Waals surface area contributed by atoms with Gasteiger partial charge in [0, 0.05) is 19.1 Å². The fourth-order valence-corrected chi connectivity index (χ4v) is 3.65. The van der Waals surface area contributed by atoms with Crippen LogP contribution in [0.2, 0.25) is 0 Å². The van der Waals surface area contributed by atoms with Crippen molar-refractivity contribution in [2.45, 2.75) is 44.2 Å². The van der Waals surface area contributed by atoms with Crippen molar-refractivity contribution in [1.29, 1.82) is 0 Å². The molecule has 120 valence electrons. The molecular formula is C17H22FNO3. The van der Waals surface area contributed by atoms with Crippen LogP contribution >= 0.6 is 0 Å². The molecule has 3 rings (SSSR count). The lowest BCUT2D eigenvalue weighted by atomic mass is 9.71. The Morgan fingerprint density at radius 1 is 1.36 bits per heavy atom. The van der Waals surface area contributed by atoms with Gasteiger partial charge in [0.05, 0.1) is 6.10 Å². The van der Waals surface area contributed by atoms with Gasteiger partial charge >= 0.3 is 5.97 Å². The topological polar surface area (TPSA) is 60.8 Å². The van der Waals surface area contributed by atoms with Crippen molar-refractivity contribution >= 4 is 5.97 Å². The predicted octanol–water partition coefficient (Wildman–Crippen LogP) is 2.06. The van der Waals surface area contributed by atoms with Gasteiger partial charge in [0.15, 0.2) is 0 Å². The SMILES string of the molecule is O=C(O)[C@]1(Cc2cccc(F)c2)CN(C2CCC2)CC[C@@H]1O. The van der Waals surface area contributed by atoms with Crippen LogP contribution in [-0.4, -0.2) is 46.3 Å². The van der Waals surface area contributed by atoms with E-state index in [0.717, 1.165) is 19.4 Å². The Hall–Kier alpha value is -1.46. The summed E-state index contributed by atoms with van der Waals surface area (Å²) in [6.07, 6.45) is 3.11. The number of carbonyl (C=O) groups is 1. The Morgan fingerprint density at radius 2 is 2.14 bits per heavy atom. The predicted molar refractivity (Wildman–Crippen MR) is 80.0 cm³/mol. The molecule has 1 aromatic rings. The number of rotatable bonds is 4. The Balaban J connectivity index is 1.86. The zero-order valence-corrected chi connectivity index (χ0v) is 12.5. The van der Waals surface area contributed by atoms with Gasteiger partial charge in [-0.15, -0.1) is 0 Å². The molecule has 0 aromatic heterocycles. The van der Waals surface area contributed by atoms with E-state index >= 15 is 0 Å². The molecule has 0 radical (unpaired) electrons. The fourth-order valence-electron chi connectivity index (χ4n) is 3.65. The van der Waals surface area contributed by atoms with Crippen LogP contribution in [0, 0.1) is 11.2 Å². The highest BCUT2D eigenvalue weighted by atomic mass is 19.1. The van der Waals surface area contributed by atoms with Crippen LogP contribution in [0.5, 0.6) is 0 Å². The molecule has 1 aromatic carbocycles. The first-order chi connectivity index (χ1) is 10.5. The lowest BCUT2D eigenvalue weighted by Gasteiger charge is -2.48. The van der Waals surface area contributed by atoms with Gasteiger partial charge in [-0.1, -0.05) is 18.6 Å². The summed E-state index contributed by atoms with van der Waals surface area (Å²) in [5, 5.41) is 20.2. The van der Waals surface area contributed by atoms with E-state index in [4.69, 9.17) is 0 Å². The molecule has 1 saturated heterocycles. The molecule has 5 heteroatoms. The first-order valence-corrected chi connectivity index (χ1v) is 7.91. The summed E-state index contributed by atoms with van der Waals surface area (Å²) in [4.78, 5) is 14.2. The van der Waals surface area contributed by atoms with Gasteiger partial charge in [-0.2, -0.15) is 0 Å². The van der Waals surface area contributed by atoms with Crippen LogP contribution < -0.4 is 0 Å². The number of aliphatic hydroxyl groups is 1. The second-order valence-corrected chi connectivity index (χ2v) is 6.63.